The first-order chi connectivity index (χ1) is 16.4. The summed E-state index contributed by atoms with van der Waals surface area (Å²) in [5.41, 5.74) is 0. The van der Waals surface area contributed by atoms with Gasteiger partial charge in [0.15, 0.2) is 8.32 Å². The number of ether oxygens (including phenoxy) is 3. The van der Waals surface area contributed by atoms with Crippen LogP contribution in [0.25, 0.3) is 0 Å². The van der Waals surface area contributed by atoms with Crippen molar-refractivity contribution >= 4 is 36.1 Å². The number of nitrogens with zero attached hydrogens (tertiary/aromatic N) is 1. The molecule has 0 aromatic heterocycles. The zero-order valence-corrected chi connectivity index (χ0v) is 25.8. The smallest absolute Gasteiger partial charge is 0.323 e. The highest BCUT2D eigenvalue weighted by Crippen LogP contribution is 2.38. The molecule has 0 bridgehead atoms. The monoisotopic (exact) mass is 565 g/mol. The quantitative estimate of drug-likeness (QED) is 0.246. The lowest BCUT2D eigenvalue weighted by Crippen LogP contribution is -2.53. The van der Waals surface area contributed by atoms with Gasteiger partial charge in [-0.1, -0.05) is 20.8 Å². The van der Waals surface area contributed by atoms with Gasteiger partial charge in [-0.05, 0) is 56.2 Å². The Labute approximate surface area is 222 Å². The molecule has 0 amide bonds. The van der Waals surface area contributed by atoms with Crippen LogP contribution in [0, 0.1) is 0 Å². The second kappa shape index (κ2) is 13.1. The first kappa shape index (κ1) is 32.9. The van der Waals surface area contributed by atoms with Gasteiger partial charge in [-0.25, -0.2) is 8.42 Å². The summed E-state index contributed by atoms with van der Waals surface area (Å²) in [7, 11) is -1.80. The molecule has 12 heteroatoms. The fraction of sp³-hybridized carbons (Fsp3) is 0.708. The third-order valence-electron chi connectivity index (χ3n) is 6.49. The van der Waals surface area contributed by atoms with Crippen LogP contribution < -0.4 is 4.74 Å². The van der Waals surface area contributed by atoms with E-state index in [1.807, 2.05) is 0 Å². The van der Waals surface area contributed by atoms with E-state index in [0.29, 0.717) is 18.1 Å². The first-order valence-corrected chi connectivity index (χ1v) is 17.0. The lowest BCUT2D eigenvalue weighted by molar-refractivity contribution is -0.142. The number of likely N-dealkylation sites (N-methyl/N-ethyl adjacent to an activating group) is 1. The molecule has 0 radical (unpaired) electrons. The topological polar surface area (TPSA) is 112 Å². The number of hydrogen-bond acceptors (Lipinski definition) is 8. The van der Waals surface area contributed by atoms with Crippen molar-refractivity contribution in [2.24, 2.45) is 0 Å². The van der Waals surface area contributed by atoms with Crippen LogP contribution in [-0.2, 0) is 28.7 Å². The average molecular weight is 566 g/mol. The summed E-state index contributed by atoms with van der Waals surface area (Å²) in [5.74, 6) is -0.339. The molecule has 1 N–H and O–H groups in total. The Hall–Kier alpha value is -1.15. The Bertz CT molecular complexity index is 946. The fourth-order valence-corrected chi connectivity index (χ4v) is 6.93. The van der Waals surface area contributed by atoms with E-state index in [2.05, 4.69) is 33.9 Å². The fourth-order valence-electron chi connectivity index (χ4n) is 3.16. The van der Waals surface area contributed by atoms with E-state index >= 15 is 0 Å². The number of methoxy groups -OCH3 is 2. The normalized spacial score (nSPS) is 15.1. The van der Waals surface area contributed by atoms with Crippen LogP contribution in [0.3, 0.4) is 0 Å². The van der Waals surface area contributed by atoms with Crippen LogP contribution in [0.15, 0.2) is 29.2 Å². The Morgan fingerprint density at radius 2 is 1.67 bits per heavy atom. The molecule has 208 valence electrons. The van der Waals surface area contributed by atoms with E-state index in [1.165, 1.54) is 57.3 Å². The summed E-state index contributed by atoms with van der Waals surface area (Å²) in [5, 5.41) is 10.1. The van der Waals surface area contributed by atoms with Gasteiger partial charge in [0.05, 0.1) is 24.7 Å². The summed E-state index contributed by atoms with van der Waals surface area (Å²) >= 11 is 1.33. The molecule has 2 atom stereocenters. The second-order valence-electron chi connectivity index (χ2n) is 10.6. The minimum absolute atomic E-state index is 0.0121. The largest absolute Gasteiger partial charge is 0.497 e. The number of aliphatic carboxylic acids is 1. The second-order valence-corrected chi connectivity index (χ2v) is 19.1. The molecular formula is C24H43NO8S2Si. The van der Waals surface area contributed by atoms with Gasteiger partial charge in [-0.15, -0.1) is 0 Å². The molecule has 0 aliphatic rings. The highest BCUT2D eigenvalue weighted by molar-refractivity contribution is 8.00. The zero-order chi connectivity index (χ0) is 27.9. The van der Waals surface area contributed by atoms with Crippen molar-refractivity contribution in [2.45, 2.75) is 74.5 Å². The van der Waals surface area contributed by atoms with Gasteiger partial charge in [0.2, 0.25) is 10.0 Å². The Morgan fingerprint density at radius 3 is 2.11 bits per heavy atom. The van der Waals surface area contributed by atoms with Crippen molar-refractivity contribution in [1.29, 1.82) is 0 Å². The third kappa shape index (κ3) is 8.71. The van der Waals surface area contributed by atoms with Crippen molar-refractivity contribution in [3.63, 3.8) is 0 Å². The van der Waals surface area contributed by atoms with Crippen LogP contribution in [0.1, 0.15) is 34.6 Å². The Kier molecular flexibility index (Phi) is 11.9. The maximum Gasteiger partial charge on any atom is 0.323 e. The highest BCUT2D eigenvalue weighted by atomic mass is 32.2. The van der Waals surface area contributed by atoms with Crippen LogP contribution in [0.5, 0.6) is 5.75 Å². The van der Waals surface area contributed by atoms with Crippen molar-refractivity contribution in [2.75, 3.05) is 40.4 Å². The Morgan fingerprint density at radius 1 is 1.11 bits per heavy atom. The van der Waals surface area contributed by atoms with E-state index in [4.69, 9.17) is 18.6 Å². The number of carboxylic acids is 1. The van der Waals surface area contributed by atoms with Crippen LogP contribution in [0.4, 0.5) is 0 Å². The summed E-state index contributed by atoms with van der Waals surface area (Å²) in [6.07, 6.45) is -0.360. The van der Waals surface area contributed by atoms with E-state index in [-0.39, 0.29) is 22.8 Å². The molecule has 0 saturated carbocycles. The maximum atomic E-state index is 13.3. The molecule has 0 spiro atoms. The molecular weight excluding hydrogens is 522 g/mol. The maximum absolute atomic E-state index is 13.3. The predicted molar refractivity (Wildman–Crippen MR) is 146 cm³/mol. The summed E-state index contributed by atoms with van der Waals surface area (Å²) in [6.45, 7) is 14.6. The number of hydrogen-bond donors (Lipinski definition) is 1. The number of carbonyl (C=O) groups is 1. The Balaban J connectivity index is 3.09. The molecule has 1 aromatic rings. The predicted octanol–water partition coefficient (Wildman–Crippen LogP) is 4.29. The van der Waals surface area contributed by atoms with E-state index in [1.54, 1.807) is 13.8 Å². The highest BCUT2D eigenvalue weighted by Gasteiger charge is 2.44. The van der Waals surface area contributed by atoms with Crippen LogP contribution in [-0.4, -0.2) is 89.4 Å². The molecule has 0 heterocycles. The van der Waals surface area contributed by atoms with Gasteiger partial charge in [0.1, 0.15) is 18.6 Å². The van der Waals surface area contributed by atoms with E-state index in [0.717, 1.165) is 4.31 Å². The number of rotatable bonds is 15. The molecule has 9 nitrogen and oxygen atoms in total. The molecule has 0 saturated heterocycles. The average Bonchev–Trinajstić information content (AvgIpc) is 2.77. The third-order valence-corrected chi connectivity index (χ3v) is 14.3. The first-order valence-electron chi connectivity index (χ1n) is 11.6. The van der Waals surface area contributed by atoms with Crippen molar-refractivity contribution in [3.8, 4) is 5.75 Å². The van der Waals surface area contributed by atoms with Gasteiger partial charge >= 0.3 is 5.97 Å². The van der Waals surface area contributed by atoms with Gasteiger partial charge in [0.25, 0.3) is 0 Å². The van der Waals surface area contributed by atoms with Gasteiger partial charge in [-0.3, -0.25) is 4.79 Å². The number of sulfonamides is 1. The lowest BCUT2D eigenvalue weighted by Gasteiger charge is -2.38. The molecule has 0 unspecified atom stereocenters. The minimum Gasteiger partial charge on any atom is -0.497 e. The molecule has 0 aliphatic heterocycles. The van der Waals surface area contributed by atoms with Crippen molar-refractivity contribution in [3.05, 3.63) is 24.3 Å². The molecule has 0 aliphatic carbocycles. The number of carboxylic acid groups (broad SMARTS) is 1. The van der Waals surface area contributed by atoms with E-state index < -0.39 is 35.1 Å². The van der Waals surface area contributed by atoms with Crippen LogP contribution in [0.2, 0.25) is 18.1 Å². The van der Waals surface area contributed by atoms with Gasteiger partial charge in [0, 0.05) is 24.7 Å². The van der Waals surface area contributed by atoms with Crippen molar-refractivity contribution < 1.29 is 37.0 Å². The molecule has 36 heavy (non-hydrogen) atoms. The summed E-state index contributed by atoms with van der Waals surface area (Å²) in [4.78, 5) is 12.3. The van der Waals surface area contributed by atoms with Gasteiger partial charge in [-0.2, -0.15) is 16.1 Å². The molecule has 0 fully saturated rings. The zero-order valence-electron chi connectivity index (χ0n) is 23.2. The van der Waals surface area contributed by atoms with Gasteiger partial charge < -0.3 is 23.7 Å². The van der Waals surface area contributed by atoms with E-state index in [9.17, 15) is 18.3 Å². The lowest BCUT2D eigenvalue weighted by atomic mass is 10.0. The SMILES string of the molecule is COCO[C@@H](CO[Si](C)(C)C(C)(C)C)CSC(C)(C)[C@H](C(=O)O)N(C)S(=O)(=O)c1ccc(OC)cc1. The number of benzene rings is 1. The molecule has 1 aromatic carbocycles. The number of thioether (sulfide) groups is 1. The summed E-state index contributed by atoms with van der Waals surface area (Å²) in [6, 6.07) is 4.51. The van der Waals surface area contributed by atoms with Crippen molar-refractivity contribution in [1.82, 2.24) is 4.31 Å². The standard InChI is InChI=1S/C24H43NO8S2Si/c1-23(2,3)36(9,10)33-15-19(32-17-30-7)16-34-24(4,5)21(22(26)27)25(6)35(28,29)20-13-11-18(31-8)12-14-20/h11-14,19,21H,15-17H2,1-10H3,(H,26,27)/t19-,21-/m0/s1. The molecule has 1 rings (SSSR count). The summed E-state index contributed by atoms with van der Waals surface area (Å²) < 4.78 is 48.8. The van der Waals surface area contributed by atoms with Crippen LogP contribution >= 0.6 is 11.8 Å². The minimum atomic E-state index is -4.08.